The summed E-state index contributed by atoms with van der Waals surface area (Å²) < 4.78 is 39.9. The number of nitrogens with zero attached hydrogens (tertiary/aromatic N) is 2. The molecular weight excluding hydrogens is 319 g/mol. The van der Waals surface area contributed by atoms with E-state index in [1.165, 1.54) is 18.2 Å². The first-order chi connectivity index (χ1) is 10.4. The van der Waals surface area contributed by atoms with E-state index in [0.29, 0.717) is 0 Å². The van der Waals surface area contributed by atoms with E-state index in [1.807, 2.05) is 0 Å². The molecule has 0 radical (unpaired) electrons. The number of hydrogen-bond donors (Lipinski definition) is 2. The molecule has 0 saturated carbocycles. The molecule has 0 spiro atoms. The largest absolute Gasteiger partial charge is 0.418 e. The van der Waals surface area contributed by atoms with Gasteiger partial charge in [0, 0.05) is 0 Å². The number of anilines is 2. The maximum absolute atomic E-state index is 12.9. The number of hydrogen-bond acceptors (Lipinski definition) is 5. The summed E-state index contributed by atoms with van der Waals surface area (Å²) in [6.07, 6.45) is -4.56. The molecule has 0 unspecified atom stereocenters. The quantitative estimate of drug-likeness (QED) is 0.903. The van der Waals surface area contributed by atoms with Crippen LogP contribution in [-0.4, -0.2) is 15.7 Å². The highest BCUT2D eigenvalue weighted by Crippen LogP contribution is 2.36. The van der Waals surface area contributed by atoms with E-state index in [0.717, 1.165) is 21.6 Å². The van der Waals surface area contributed by atoms with Crippen molar-refractivity contribution >= 4 is 22.2 Å². The molecule has 5 nitrogen and oxygen atoms in total. The molecular formula is C13H10F3N3O2S. The Morgan fingerprint density at radius 3 is 2.64 bits per heavy atom. The lowest BCUT2D eigenvalue weighted by Gasteiger charge is -2.13. The van der Waals surface area contributed by atoms with Gasteiger partial charge in [-0.05, 0) is 23.7 Å². The van der Waals surface area contributed by atoms with Crippen LogP contribution >= 0.6 is 11.5 Å². The SMILES string of the molecule is N#Cc1c(Nc2ccccc2C(F)(F)F)sn(CCO)c1=O. The molecule has 1 heterocycles. The van der Waals surface area contributed by atoms with Gasteiger partial charge in [0.05, 0.1) is 24.4 Å². The first kappa shape index (κ1) is 16.1. The summed E-state index contributed by atoms with van der Waals surface area (Å²) in [4.78, 5) is 11.9. The summed E-state index contributed by atoms with van der Waals surface area (Å²) in [6, 6.07) is 6.45. The Morgan fingerprint density at radius 1 is 1.36 bits per heavy atom. The van der Waals surface area contributed by atoms with E-state index in [2.05, 4.69) is 5.32 Å². The van der Waals surface area contributed by atoms with E-state index >= 15 is 0 Å². The zero-order chi connectivity index (χ0) is 16.3. The minimum Gasteiger partial charge on any atom is -0.394 e. The maximum atomic E-state index is 12.9. The van der Waals surface area contributed by atoms with Gasteiger partial charge in [-0.1, -0.05) is 12.1 Å². The average Bonchev–Trinajstić information content (AvgIpc) is 2.74. The van der Waals surface area contributed by atoms with Gasteiger partial charge in [-0.3, -0.25) is 8.75 Å². The van der Waals surface area contributed by atoms with Crippen LogP contribution in [0.25, 0.3) is 0 Å². The fourth-order valence-electron chi connectivity index (χ4n) is 1.80. The summed E-state index contributed by atoms with van der Waals surface area (Å²) in [5.74, 6) is 0. The van der Waals surface area contributed by atoms with Crippen molar-refractivity contribution in [3.63, 3.8) is 0 Å². The van der Waals surface area contributed by atoms with Gasteiger partial charge < -0.3 is 10.4 Å². The molecule has 0 aliphatic carbocycles. The Labute approximate surface area is 127 Å². The average molecular weight is 329 g/mol. The van der Waals surface area contributed by atoms with E-state index in [4.69, 9.17) is 10.4 Å². The Balaban J connectivity index is 2.47. The normalized spacial score (nSPS) is 11.2. The van der Waals surface area contributed by atoms with Crippen LogP contribution in [0.4, 0.5) is 23.9 Å². The first-order valence-electron chi connectivity index (χ1n) is 6.06. The minimum atomic E-state index is -4.56. The van der Waals surface area contributed by atoms with Gasteiger partial charge in [0.25, 0.3) is 5.56 Å². The number of aromatic nitrogens is 1. The van der Waals surface area contributed by atoms with Crippen LogP contribution < -0.4 is 10.9 Å². The molecule has 2 rings (SSSR count). The number of nitriles is 1. The number of nitrogens with one attached hydrogen (secondary N) is 1. The number of rotatable bonds is 4. The van der Waals surface area contributed by atoms with Gasteiger partial charge in [0.2, 0.25) is 0 Å². The molecule has 1 aromatic carbocycles. The van der Waals surface area contributed by atoms with Gasteiger partial charge in [-0.2, -0.15) is 18.4 Å². The number of alkyl halides is 3. The zero-order valence-corrected chi connectivity index (χ0v) is 11.8. The van der Waals surface area contributed by atoms with Gasteiger partial charge in [0.15, 0.2) is 5.56 Å². The third-order valence-electron chi connectivity index (χ3n) is 2.76. The third kappa shape index (κ3) is 3.13. The summed E-state index contributed by atoms with van der Waals surface area (Å²) in [5.41, 5.74) is -2.07. The van der Waals surface area contributed by atoms with Gasteiger partial charge in [-0.25, -0.2) is 0 Å². The van der Waals surface area contributed by atoms with E-state index in [9.17, 15) is 18.0 Å². The number of benzene rings is 1. The highest BCUT2D eigenvalue weighted by atomic mass is 32.1. The molecule has 0 aliphatic heterocycles. The third-order valence-corrected chi connectivity index (χ3v) is 3.82. The Hall–Kier alpha value is -2.31. The molecule has 0 bridgehead atoms. The second kappa shape index (κ2) is 6.21. The summed E-state index contributed by atoms with van der Waals surface area (Å²) in [6.45, 7) is -0.343. The number of halogens is 3. The molecule has 0 atom stereocenters. The summed E-state index contributed by atoms with van der Waals surface area (Å²) in [7, 11) is 0. The molecule has 0 amide bonds. The smallest absolute Gasteiger partial charge is 0.394 e. The molecule has 0 saturated heterocycles. The van der Waals surface area contributed by atoms with Gasteiger partial charge in [0.1, 0.15) is 11.1 Å². The number of aliphatic hydroxyl groups excluding tert-OH is 1. The molecule has 2 N–H and O–H groups in total. The Bertz CT molecular complexity index is 774. The Kier molecular flexibility index (Phi) is 4.54. The Morgan fingerprint density at radius 2 is 2.05 bits per heavy atom. The highest BCUT2D eigenvalue weighted by molar-refractivity contribution is 7.11. The van der Waals surface area contributed by atoms with Crippen molar-refractivity contribution in [3.8, 4) is 6.07 Å². The summed E-state index contributed by atoms with van der Waals surface area (Å²) in [5, 5.41) is 20.4. The first-order valence-corrected chi connectivity index (χ1v) is 6.84. The number of aliphatic hydroxyl groups is 1. The van der Waals surface area contributed by atoms with Crippen LogP contribution in [0.2, 0.25) is 0 Å². The highest BCUT2D eigenvalue weighted by Gasteiger charge is 2.33. The molecule has 0 aliphatic rings. The lowest BCUT2D eigenvalue weighted by Crippen LogP contribution is -2.17. The van der Waals surface area contributed by atoms with Crippen molar-refractivity contribution in [2.75, 3.05) is 11.9 Å². The minimum absolute atomic E-state index is 0.0117. The molecule has 0 fully saturated rings. The topological polar surface area (TPSA) is 78.1 Å². The van der Waals surface area contributed by atoms with Crippen LogP contribution in [0.15, 0.2) is 29.1 Å². The summed E-state index contributed by atoms with van der Waals surface area (Å²) >= 11 is 0.793. The molecule has 2 aromatic rings. The second-order valence-corrected chi connectivity index (χ2v) is 5.24. The van der Waals surface area contributed by atoms with Crippen molar-refractivity contribution in [3.05, 3.63) is 45.7 Å². The van der Waals surface area contributed by atoms with E-state index < -0.39 is 17.3 Å². The number of para-hydroxylation sites is 1. The van der Waals surface area contributed by atoms with E-state index in [1.54, 1.807) is 6.07 Å². The van der Waals surface area contributed by atoms with Crippen molar-refractivity contribution in [2.45, 2.75) is 12.7 Å². The maximum Gasteiger partial charge on any atom is 0.418 e. The van der Waals surface area contributed by atoms with E-state index in [-0.39, 0.29) is 29.4 Å². The fraction of sp³-hybridized carbons (Fsp3) is 0.231. The molecule has 116 valence electrons. The lowest BCUT2D eigenvalue weighted by molar-refractivity contribution is -0.136. The zero-order valence-electron chi connectivity index (χ0n) is 11.0. The molecule has 1 aromatic heterocycles. The van der Waals surface area contributed by atoms with Gasteiger partial charge >= 0.3 is 6.18 Å². The molecule has 9 heteroatoms. The second-order valence-electron chi connectivity index (χ2n) is 4.21. The monoisotopic (exact) mass is 329 g/mol. The van der Waals surface area contributed by atoms with Crippen molar-refractivity contribution in [1.29, 1.82) is 5.26 Å². The van der Waals surface area contributed by atoms with Crippen LogP contribution in [0.1, 0.15) is 11.1 Å². The van der Waals surface area contributed by atoms with Crippen molar-refractivity contribution in [2.24, 2.45) is 0 Å². The van der Waals surface area contributed by atoms with Gasteiger partial charge in [-0.15, -0.1) is 0 Å². The fourth-order valence-corrected chi connectivity index (χ4v) is 2.75. The lowest BCUT2D eigenvalue weighted by atomic mass is 10.1. The standard InChI is InChI=1S/C13H10F3N3O2S/c14-13(15,16)9-3-1-2-4-10(9)18-11-8(7-17)12(21)19(22-11)5-6-20/h1-4,18,20H,5-6H2. The van der Waals surface area contributed by atoms with Crippen molar-refractivity contribution < 1.29 is 18.3 Å². The predicted molar refractivity (Wildman–Crippen MR) is 75.1 cm³/mol. The van der Waals surface area contributed by atoms with Crippen LogP contribution in [0.5, 0.6) is 0 Å². The van der Waals surface area contributed by atoms with Crippen molar-refractivity contribution in [1.82, 2.24) is 3.96 Å². The van der Waals surface area contributed by atoms with Crippen LogP contribution in [-0.2, 0) is 12.7 Å². The van der Waals surface area contributed by atoms with Crippen LogP contribution in [0, 0.1) is 11.3 Å². The molecule has 22 heavy (non-hydrogen) atoms. The predicted octanol–water partition coefficient (Wildman–Crippen LogP) is 2.54. The van der Waals surface area contributed by atoms with Crippen LogP contribution in [0.3, 0.4) is 0 Å².